The summed E-state index contributed by atoms with van der Waals surface area (Å²) in [4.78, 5) is 37.2. The molecule has 1 aliphatic heterocycles. The molecule has 3 heterocycles. The van der Waals surface area contributed by atoms with Gasteiger partial charge in [-0.2, -0.15) is 0 Å². The Labute approximate surface area is 206 Å². The number of aromatic amines is 1. The Morgan fingerprint density at radius 1 is 1.29 bits per heavy atom. The van der Waals surface area contributed by atoms with Gasteiger partial charge < -0.3 is 35.5 Å². The molecule has 1 saturated heterocycles. The van der Waals surface area contributed by atoms with Gasteiger partial charge >= 0.3 is 6.03 Å². The standard InChI is InChI=1S/C23H27ClN6O5/c1-34-7-6-25-23(33)30-13-3-5-18(24)16(8-13)20(32)17-9-26-21-19(17)22(28-12-27-21)29-14-2-4-15(10-31)35-11-14/h3,5,8-9,12,14-15,31H,2,4,6-7,10-11H2,1H3,(H2,25,30,33)(H2,26,27,28,29)/t14-,15+/m1/s1. The fourth-order valence-electron chi connectivity index (χ4n) is 3.87. The van der Waals surface area contributed by atoms with Crippen molar-refractivity contribution in [1.29, 1.82) is 0 Å². The van der Waals surface area contributed by atoms with Gasteiger partial charge in [-0.15, -0.1) is 0 Å². The number of hydrogen-bond acceptors (Lipinski definition) is 8. The molecule has 0 bridgehead atoms. The molecule has 0 radical (unpaired) electrons. The predicted octanol–water partition coefficient (Wildman–Crippen LogP) is 2.56. The zero-order valence-corrected chi connectivity index (χ0v) is 19.9. The average molecular weight is 503 g/mol. The van der Waals surface area contributed by atoms with Crippen molar-refractivity contribution in [2.45, 2.75) is 25.0 Å². The average Bonchev–Trinajstić information content (AvgIpc) is 3.31. The number of aliphatic hydroxyl groups excluding tert-OH is 1. The van der Waals surface area contributed by atoms with Crippen LogP contribution in [-0.2, 0) is 9.47 Å². The van der Waals surface area contributed by atoms with Gasteiger partial charge in [0.1, 0.15) is 17.8 Å². The lowest BCUT2D eigenvalue weighted by Crippen LogP contribution is -2.36. The number of rotatable bonds is 9. The van der Waals surface area contributed by atoms with E-state index in [0.717, 1.165) is 12.8 Å². The van der Waals surface area contributed by atoms with Crippen LogP contribution in [0.1, 0.15) is 28.8 Å². The van der Waals surface area contributed by atoms with Crippen LogP contribution >= 0.6 is 11.6 Å². The molecule has 1 aromatic carbocycles. The summed E-state index contributed by atoms with van der Waals surface area (Å²) >= 11 is 6.36. The smallest absolute Gasteiger partial charge is 0.319 e. The third kappa shape index (κ3) is 5.88. The number of fused-ring (bicyclic) bond motifs is 1. The van der Waals surface area contributed by atoms with Crippen LogP contribution in [0.25, 0.3) is 11.0 Å². The van der Waals surface area contributed by atoms with Crippen LogP contribution in [0.5, 0.6) is 0 Å². The molecule has 3 aromatic rings. The first-order chi connectivity index (χ1) is 17.0. The molecule has 0 spiro atoms. The summed E-state index contributed by atoms with van der Waals surface area (Å²) in [7, 11) is 1.54. The van der Waals surface area contributed by atoms with Gasteiger partial charge in [0.05, 0.1) is 47.9 Å². The Hall–Kier alpha value is -3.25. The predicted molar refractivity (Wildman–Crippen MR) is 131 cm³/mol. The van der Waals surface area contributed by atoms with Crippen molar-refractivity contribution < 1.29 is 24.2 Å². The fourth-order valence-corrected chi connectivity index (χ4v) is 4.08. The van der Waals surface area contributed by atoms with Gasteiger partial charge in [0.25, 0.3) is 0 Å². The SMILES string of the molecule is COCCNC(=O)Nc1ccc(Cl)c(C(=O)c2c[nH]c3ncnc(N[C@@H]4CC[C@@H](CO)OC4)c23)c1. The Balaban J connectivity index is 1.57. The zero-order chi connectivity index (χ0) is 24.8. The quantitative estimate of drug-likeness (QED) is 0.221. The molecule has 11 nitrogen and oxygen atoms in total. The van der Waals surface area contributed by atoms with Crippen molar-refractivity contribution in [1.82, 2.24) is 20.3 Å². The van der Waals surface area contributed by atoms with Gasteiger partial charge in [0.15, 0.2) is 5.78 Å². The molecule has 1 fully saturated rings. The van der Waals surface area contributed by atoms with E-state index in [-0.39, 0.29) is 35.1 Å². The second-order valence-corrected chi connectivity index (χ2v) is 8.51. The maximum absolute atomic E-state index is 13.5. The highest BCUT2D eigenvalue weighted by molar-refractivity contribution is 6.36. The third-order valence-corrected chi connectivity index (χ3v) is 6.02. The largest absolute Gasteiger partial charge is 0.394 e. The van der Waals surface area contributed by atoms with Crippen LogP contribution < -0.4 is 16.0 Å². The van der Waals surface area contributed by atoms with Gasteiger partial charge in [-0.3, -0.25) is 4.79 Å². The summed E-state index contributed by atoms with van der Waals surface area (Å²) < 4.78 is 10.6. The third-order valence-electron chi connectivity index (χ3n) is 5.69. The number of anilines is 2. The molecule has 2 amide bonds. The molecule has 0 saturated carbocycles. The second-order valence-electron chi connectivity index (χ2n) is 8.10. The summed E-state index contributed by atoms with van der Waals surface area (Å²) in [5.74, 6) is 0.154. The van der Waals surface area contributed by atoms with E-state index in [1.54, 1.807) is 25.4 Å². The van der Waals surface area contributed by atoms with Gasteiger partial charge in [0, 0.05) is 31.1 Å². The van der Waals surface area contributed by atoms with Crippen molar-refractivity contribution in [3.05, 3.63) is 46.9 Å². The first kappa shape index (κ1) is 24.9. The Kier molecular flexibility index (Phi) is 8.13. The van der Waals surface area contributed by atoms with E-state index in [0.29, 0.717) is 47.9 Å². The molecule has 2 aromatic heterocycles. The number of ether oxygens (including phenoxy) is 2. The molecule has 35 heavy (non-hydrogen) atoms. The molecule has 2 atom stereocenters. The van der Waals surface area contributed by atoms with E-state index in [2.05, 4.69) is 30.9 Å². The number of methoxy groups -OCH3 is 1. The van der Waals surface area contributed by atoms with Gasteiger partial charge in [-0.1, -0.05) is 11.6 Å². The number of nitrogens with zero attached hydrogens (tertiary/aromatic N) is 2. The van der Waals surface area contributed by atoms with E-state index in [9.17, 15) is 14.7 Å². The van der Waals surface area contributed by atoms with Gasteiger partial charge in [-0.05, 0) is 31.0 Å². The molecule has 0 aliphatic carbocycles. The van der Waals surface area contributed by atoms with Crippen LogP contribution in [0.2, 0.25) is 5.02 Å². The van der Waals surface area contributed by atoms with Crippen LogP contribution in [0.4, 0.5) is 16.3 Å². The van der Waals surface area contributed by atoms with E-state index < -0.39 is 6.03 Å². The van der Waals surface area contributed by atoms with Crippen molar-refractivity contribution in [2.24, 2.45) is 0 Å². The number of amides is 2. The summed E-state index contributed by atoms with van der Waals surface area (Å²) in [5, 5.41) is 18.7. The minimum atomic E-state index is -0.423. The Morgan fingerprint density at radius 3 is 2.89 bits per heavy atom. The maximum Gasteiger partial charge on any atom is 0.319 e. The summed E-state index contributed by atoms with van der Waals surface area (Å²) in [6, 6.07) is 4.25. The summed E-state index contributed by atoms with van der Waals surface area (Å²) in [5.41, 5.74) is 1.49. The second kappa shape index (κ2) is 11.5. The van der Waals surface area contributed by atoms with E-state index in [1.807, 2.05) is 0 Å². The summed E-state index contributed by atoms with van der Waals surface area (Å²) in [6.45, 7) is 1.13. The normalized spacial score (nSPS) is 17.8. The van der Waals surface area contributed by atoms with E-state index in [1.165, 1.54) is 12.4 Å². The highest BCUT2D eigenvalue weighted by Crippen LogP contribution is 2.30. The lowest BCUT2D eigenvalue weighted by molar-refractivity contribution is -0.0224. The highest BCUT2D eigenvalue weighted by atomic mass is 35.5. The molecular weight excluding hydrogens is 476 g/mol. The minimum absolute atomic E-state index is 0.00950. The molecule has 12 heteroatoms. The van der Waals surface area contributed by atoms with Crippen molar-refractivity contribution in [3.63, 3.8) is 0 Å². The minimum Gasteiger partial charge on any atom is -0.394 e. The number of hydrogen-bond donors (Lipinski definition) is 5. The Bertz CT molecular complexity index is 1190. The number of nitrogens with one attached hydrogen (secondary N) is 4. The fraction of sp³-hybridized carbons (Fsp3) is 0.391. The topological polar surface area (TPSA) is 150 Å². The van der Waals surface area contributed by atoms with Gasteiger partial charge in [0.2, 0.25) is 0 Å². The molecule has 5 N–H and O–H groups in total. The number of benzene rings is 1. The van der Waals surface area contributed by atoms with E-state index >= 15 is 0 Å². The molecular formula is C23H27ClN6O5. The highest BCUT2D eigenvalue weighted by Gasteiger charge is 2.25. The van der Waals surface area contributed by atoms with Crippen molar-refractivity contribution >= 4 is 46.0 Å². The molecule has 186 valence electrons. The lowest BCUT2D eigenvalue weighted by Gasteiger charge is -2.29. The number of H-pyrrole nitrogens is 1. The van der Waals surface area contributed by atoms with Crippen molar-refractivity contribution in [2.75, 3.05) is 44.1 Å². The summed E-state index contributed by atoms with van der Waals surface area (Å²) in [6.07, 6.45) is 4.33. The van der Waals surface area contributed by atoms with Crippen molar-refractivity contribution in [3.8, 4) is 0 Å². The molecule has 4 rings (SSSR count). The number of halogens is 1. The number of carbonyl (C=O) groups excluding carboxylic acids is 2. The van der Waals surface area contributed by atoms with Crippen LogP contribution in [0.15, 0.2) is 30.7 Å². The van der Waals surface area contributed by atoms with Crippen LogP contribution in [0.3, 0.4) is 0 Å². The number of carbonyl (C=O) groups is 2. The first-order valence-electron chi connectivity index (χ1n) is 11.2. The molecule has 1 aliphatic rings. The van der Waals surface area contributed by atoms with Gasteiger partial charge in [-0.25, -0.2) is 14.8 Å². The molecule has 0 unspecified atom stereocenters. The van der Waals surface area contributed by atoms with E-state index in [4.69, 9.17) is 21.1 Å². The lowest BCUT2D eigenvalue weighted by atomic mass is 10.0. The number of aromatic nitrogens is 3. The monoisotopic (exact) mass is 502 g/mol. The van der Waals surface area contributed by atoms with Crippen LogP contribution in [0, 0.1) is 0 Å². The maximum atomic E-state index is 13.5. The number of aliphatic hydroxyl groups is 1. The number of ketones is 1. The van der Waals surface area contributed by atoms with Crippen LogP contribution in [-0.4, -0.2) is 77.5 Å². The zero-order valence-electron chi connectivity index (χ0n) is 19.1. The Morgan fingerprint density at radius 2 is 2.14 bits per heavy atom. The number of urea groups is 1. The first-order valence-corrected chi connectivity index (χ1v) is 11.6.